The molecule has 2 aromatic rings. The zero-order chi connectivity index (χ0) is 20.8. The van der Waals surface area contributed by atoms with Crippen LogP contribution >= 0.6 is 0 Å². The highest BCUT2D eigenvalue weighted by molar-refractivity contribution is 5.93. The van der Waals surface area contributed by atoms with Crippen LogP contribution in [0.15, 0.2) is 30.6 Å². The van der Waals surface area contributed by atoms with Gasteiger partial charge in [-0.05, 0) is 43.0 Å². The number of aromatic nitrogens is 2. The van der Waals surface area contributed by atoms with Crippen LogP contribution in [0.1, 0.15) is 35.2 Å². The Morgan fingerprint density at radius 2 is 1.97 bits per heavy atom. The summed E-state index contributed by atoms with van der Waals surface area (Å²) in [5.74, 6) is 1.51. The molecule has 1 fully saturated rings. The van der Waals surface area contributed by atoms with Crippen molar-refractivity contribution >= 4 is 11.8 Å². The molecule has 8 nitrogen and oxygen atoms in total. The number of hydrogen-bond acceptors (Lipinski definition) is 5. The Kier molecular flexibility index (Phi) is 6.74. The lowest BCUT2D eigenvalue weighted by atomic mass is 10.0. The van der Waals surface area contributed by atoms with Crippen molar-refractivity contribution in [3.63, 3.8) is 0 Å². The maximum absolute atomic E-state index is 12.6. The molecule has 0 atom stereocenters. The average Bonchev–Trinajstić information content (AvgIpc) is 3.18. The molecule has 1 aromatic heterocycles. The number of ether oxygens (including phenoxy) is 2. The first-order valence-corrected chi connectivity index (χ1v) is 9.78. The van der Waals surface area contributed by atoms with Crippen LogP contribution in [0.2, 0.25) is 0 Å². The van der Waals surface area contributed by atoms with Crippen molar-refractivity contribution in [2.24, 2.45) is 7.05 Å². The van der Waals surface area contributed by atoms with Gasteiger partial charge >= 0.3 is 0 Å². The third-order valence-electron chi connectivity index (χ3n) is 5.25. The number of nitrogens with zero attached hydrogens (tertiary/aromatic N) is 3. The average molecular weight is 400 g/mol. The number of nitrogens with one attached hydrogen (secondary N) is 1. The Labute approximate surface area is 170 Å². The summed E-state index contributed by atoms with van der Waals surface area (Å²) in [5, 5.41) is 7.05. The Balaban J connectivity index is 1.47. The Morgan fingerprint density at radius 3 is 2.59 bits per heavy atom. The highest BCUT2D eigenvalue weighted by Gasteiger charge is 2.24. The third kappa shape index (κ3) is 5.28. The van der Waals surface area contributed by atoms with Crippen molar-refractivity contribution in [3.8, 4) is 11.5 Å². The molecule has 1 aromatic carbocycles. The molecule has 29 heavy (non-hydrogen) atoms. The maximum Gasteiger partial charge on any atom is 0.254 e. The molecule has 0 saturated carbocycles. The largest absolute Gasteiger partial charge is 0.497 e. The van der Waals surface area contributed by atoms with Crippen molar-refractivity contribution in [2.75, 3.05) is 27.3 Å². The van der Waals surface area contributed by atoms with Crippen LogP contribution in [0.4, 0.5) is 0 Å². The highest BCUT2D eigenvalue weighted by atomic mass is 16.5. The lowest BCUT2D eigenvalue weighted by Gasteiger charge is -2.32. The van der Waals surface area contributed by atoms with E-state index in [0.29, 0.717) is 31.5 Å². The fourth-order valence-corrected chi connectivity index (χ4v) is 3.56. The fraction of sp³-hybridized carbons (Fsp3) is 0.476. The minimum Gasteiger partial charge on any atom is -0.497 e. The Morgan fingerprint density at radius 1 is 1.21 bits per heavy atom. The molecule has 8 heteroatoms. The smallest absolute Gasteiger partial charge is 0.254 e. The van der Waals surface area contributed by atoms with Crippen LogP contribution in [0, 0.1) is 0 Å². The molecule has 0 radical (unpaired) electrons. The van der Waals surface area contributed by atoms with E-state index in [1.807, 2.05) is 23.1 Å². The number of amides is 2. The summed E-state index contributed by atoms with van der Waals surface area (Å²) in [6.45, 7) is 1.29. The summed E-state index contributed by atoms with van der Waals surface area (Å²) >= 11 is 0. The molecular weight excluding hydrogens is 372 g/mol. The number of likely N-dealkylation sites (tertiary alicyclic amines) is 1. The second kappa shape index (κ2) is 9.45. The van der Waals surface area contributed by atoms with E-state index in [0.717, 1.165) is 29.9 Å². The van der Waals surface area contributed by atoms with Crippen molar-refractivity contribution in [1.29, 1.82) is 0 Å². The summed E-state index contributed by atoms with van der Waals surface area (Å²) in [6, 6.07) is 5.68. The van der Waals surface area contributed by atoms with Gasteiger partial charge in [-0.25, -0.2) is 0 Å². The fourth-order valence-electron chi connectivity index (χ4n) is 3.56. The Bertz CT molecular complexity index is 856. The van der Waals surface area contributed by atoms with Gasteiger partial charge in [-0.15, -0.1) is 0 Å². The summed E-state index contributed by atoms with van der Waals surface area (Å²) in [5.41, 5.74) is 1.51. The molecule has 1 aliphatic heterocycles. The first-order valence-electron chi connectivity index (χ1n) is 9.78. The van der Waals surface area contributed by atoms with E-state index in [-0.39, 0.29) is 17.9 Å². The van der Waals surface area contributed by atoms with Crippen LogP contribution in [0.5, 0.6) is 11.5 Å². The lowest BCUT2D eigenvalue weighted by Crippen LogP contribution is -2.46. The molecule has 156 valence electrons. The van der Waals surface area contributed by atoms with E-state index in [9.17, 15) is 9.59 Å². The van der Waals surface area contributed by atoms with E-state index in [1.165, 1.54) is 0 Å². The number of hydrogen-bond donors (Lipinski definition) is 1. The third-order valence-corrected chi connectivity index (χ3v) is 5.25. The minimum absolute atomic E-state index is 0.0743. The number of carbonyl (C=O) groups excluding carboxylic acids is 2. The monoisotopic (exact) mass is 400 g/mol. The number of piperidine rings is 1. The summed E-state index contributed by atoms with van der Waals surface area (Å²) in [4.78, 5) is 26.8. The van der Waals surface area contributed by atoms with Crippen molar-refractivity contribution < 1.29 is 19.1 Å². The molecule has 0 bridgehead atoms. The number of carbonyl (C=O) groups is 2. The van der Waals surface area contributed by atoms with E-state index < -0.39 is 0 Å². The highest BCUT2D eigenvalue weighted by Crippen LogP contribution is 2.25. The van der Waals surface area contributed by atoms with Crippen LogP contribution in [0.25, 0.3) is 0 Å². The zero-order valence-electron chi connectivity index (χ0n) is 17.2. The molecule has 1 saturated heterocycles. The molecule has 0 unspecified atom stereocenters. The molecule has 0 spiro atoms. The van der Waals surface area contributed by atoms with E-state index in [2.05, 4.69) is 10.4 Å². The number of aryl methyl sites for hydroxylation is 2. The number of methoxy groups -OCH3 is 2. The van der Waals surface area contributed by atoms with Gasteiger partial charge in [0.2, 0.25) is 5.91 Å². The van der Waals surface area contributed by atoms with Gasteiger partial charge in [0.15, 0.2) is 0 Å². The van der Waals surface area contributed by atoms with Gasteiger partial charge < -0.3 is 19.7 Å². The van der Waals surface area contributed by atoms with Gasteiger partial charge in [0.05, 0.1) is 26.0 Å². The van der Waals surface area contributed by atoms with Crippen LogP contribution in [0.3, 0.4) is 0 Å². The van der Waals surface area contributed by atoms with E-state index >= 15 is 0 Å². The lowest BCUT2D eigenvalue weighted by molar-refractivity contribution is -0.132. The van der Waals surface area contributed by atoms with Gasteiger partial charge in [-0.2, -0.15) is 5.10 Å². The van der Waals surface area contributed by atoms with Gasteiger partial charge in [0.25, 0.3) is 5.91 Å². The van der Waals surface area contributed by atoms with Gasteiger partial charge in [0, 0.05) is 38.8 Å². The van der Waals surface area contributed by atoms with E-state index in [4.69, 9.17) is 9.47 Å². The number of rotatable bonds is 7. The minimum atomic E-state index is -0.118. The summed E-state index contributed by atoms with van der Waals surface area (Å²) < 4.78 is 12.3. The van der Waals surface area contributed by atoms with Crippen LogP contribution in [-0.4, -0.2) is 59.8 Å². The second-order valence-corrected chi connectivity index (χ2v) is 7.21. The Hall–Kier alpha value is -3.03. The molecule has 0 aliphatic carbocycles. The molecule has 1 aliphatic rings. The van der Waals surface area contributed by atoms with Crippen molar-refractivity contribution in [1.82, 2.24) is 20.0 Å². The predicted molar refractivity (Wildman–Crippen MR) is 108 cm³/mol. The standard InChI is InChI=1S/C21H28N4O4/c1-24-14-16(13-22-24)21(27)23-17-8-10-25(11-9-17)20(26)7-4-15-12-18(28-2)5-6-19(15)29-3/h5-6,12-14,17H,4,7-11H2,1-3H3,(H,23,27). The van der Waals surface area contributed by atoms with Gasteiger partial charge in [-0.3, -0.25) is 14.3 Å². The van der Waals surface area contributed by atoms with Crippen LogP contribution < -0.4 is 14.8 Å². The normalized spacial score (nSPS) is 14.5. The SMILES string of the molecule is COc1ccc(OC)c(CCC(=O)N2CCC(NC(=O)c3cnn(C)c3)CC2)c1. The van der Waals surface area contributed by atoms with E-state index in [1.54, 1.807) is 38.3 Å². The summed E-state index contributed by atoms with van der Waals surface area (Å²) in [7, 11) is 5.02. The predicted octanol–water partition coefficient (Wildman–Crippen LogP) is 1.79. The summed E-state index contributed by atoms with van der Waals surface area (Å²) in [6.07, 6.45) is 5.76. The second-order valence-electron chi connectivity index (χ2n) is 7.21. The van der Waals surface area contributed by atoms with Crippen molar-refractivity contribution in [3.05, 3.63) is 41.7 Å². The molecular formula is C21H28N4O4. The molecule has 2 heterocycles. The first kappa shape index (κ1) is 20.7. The maximum atomic E-state index is 12.6. The first-order chi connectivity index (χ1) is 14.0. The molecule has 2 amide bonds. The zero-order valence-corrected chi connectivity index (χ0v) is 17.2. The van der Waals surface area contributed by atoms with Gasteiger partial charge in [0.1, 0.15) is 11.5 Å². The van der Waals surface area contributed by atoms with Crippen LogP contribution in [-0.2, 0) is 18.3 Å². The molecule has 3 rings (SSSR count). The van der Waals surface area contributed by atoms with Crippen molar-refractivity contribution in [2.45, 2.75) is 31.7 Å². The quantitative estimate of drug-likeness (QED) is 0.766. The molecule has 1 N–H and O–H groups in total. The topological polar surface area (TPSA) is 85.7 Å². The van der Waals surface area contributed by atoms with Gasteiger partial charge in [-0.1, -0.05) is 0 Å². The number of benzene rings is 1.